The molecule has 0 aliphatic carbocycles. The van der Waals surface area contributed by atoms with E-state index in [0.29, 0.717) is 23.4 Å². The number of rotatable bonds is 5. The summed E-state index contributed by atoms with van der Waals surface area (Å²) >= 11 is 1.37. The fraction of sp³-hybridized carbons (Fsp3) is 0.409. The van der Waals surface area contributed by atoms with E-state index in [1.807, 2.05) is 18.4 Å². The highest BCUT2D eigenvalue weighted by atomic mass is 32.2. The lowest BCUT2D eigenvalue weighted by Gasteiger charge is -2.46. The number of aliphatic hydroxyl groups is 1. The van der Waals surface area contributed by atoms with E-state index >= 15 is 0 Å². The second-order valence-corrected chi connectivity index (χ2v) is 10.4. The number of sulfonamides is 1. The van der Waals surface area contributed by atoms with Gasteiger partial charge in [-0.15, -0.1) is 11.3 Å². The van der Waals surface area contributed by atoms with E-state index < -0.39 is 40.3 Å². The number of aryl methyl sites for hydroxylation is 1. The van der Waals surface area contributed by atoms with Crippen LogP contribution in [-0.2, 0) is 24.3 Å². The second kappa shape index (κ2) is 8.74. The SMILES string of the molecule is CCOC(=O)[C@H]1C=C(c2cccs2)N(S(=O)(=O)c2ccc(C)cc2)[C@@H]2OC(O)CC[C@H]12. The molecule has 1 fully saturated rings. The van der Waals surface area contributed by atoms with Crippen molar-refractivity contribution in [2.24, 2.45) is 11.8 Å². The molecule has 2 aromatic rings. The largest absolute Gasteiger partial charge is 0.466 e. The van der Waals surface area contributed by atoms with Gasteiger partial charge in [0.25, 0.3) is 10.0 Å². The standard InChI is InChI=1S/C22H25NO6S2/c1-3-28-22(25)17-13-18(19-5-4-12-30-19)23(21-16(17)10-11-20(24)29-21)31(26,27)15-8-6-14(2)7-9-15/h4-9,12-13,16-17,20-21,24H,3,10-11H2,1-2H3/t16-,17+,20?,21-/m1/s1. The smallest absolute Gasteiger partial charge is 0.313 e. The summed E-state index contributed by atoms with van der Waals surface area (Å²) in [5.41, 5.74) is 1.31. The van der Waals surface area contributed by atoms with Gasteiger partial charge in [-0.05, 0) is 56.3 Å². The first-order valence-corrected chi connectivity index (χ1v) is 12.5. The van der Waals surface area contributed by atoms with Crippen LogP contribution in [0.4, 0.5) is 0 Å². The first kappa shape index (κ1) is 22.0. The van der Waals surface area contributed by atoms with Crippen molar-refractivity contribution in [2.45, 2.75) is 44.1 Å². The third-order valence-corrected chi connectivity index (χ3v) is 8.27. The van der Waals surface area contributed by atoms with Crippen molar-refractivity contribution in [3.05, 3.63) is 58.3 Å². The third kappa shape index (κ3) is 4.15. The molecule has 2 aliphatic rings. The van der Waals surface area contributed by atoms with Crippen molar-refractivity contribution in [1.29, 1.82) is 0 Å². The molecule has 0 bridgehead atoms. The van der Waals surface area contributed by atoms with Gasteiger partial charge in [-0.3, -0.25) is 4.79 Å². The van der Waals surface area contributed by atoms with E-state index in [9.17, 15) is 18.3 Å². The molecule has 31 heavy (non-hydrogen) atoms. The molecule has 3 heterocycles. The zero-order chi connectivity index (χ0) is 22.2. The Morgan fingerprint density at radius 1 is 1.26 bits per heavy atom. The molecule has 7 nitrogen and oxygen atoms in total. The van der Waals surface area contributed by atoms with Crippen molar-refractivity contribution in [2.75, 3.05) is 6.61 Å². The van der Waals surface area contributed by atoms with Crippen molar-refractivity contribution in [3.8, 4) is 0 Å². The van der Waals surface area contributed by atoms with Gasteiger partial charge in [0.2, 0.25) is 0 Å². The van der Waals surface area contributed by atoms with Gasteiger partial charge >= 0.3 is 5.97 Å². The third-order valence-electron chi connectivity index (χ3n) is 5.59. The highest BCUT2D eigenvalue weighted by Gasteiger charge is 2.50. The summed E-state index contributed by atoms with van der Waals surface area (Å²) in [6.07, 6.45) is 0.299. The van der Waals surface area contributed by atoms with Crippen molar-refractivity contribution >= 4 is 33.0 Å². The second-order valence-electron chi connectivity index (χ2n) is 7.64. The number of fused-ring (bicyclic) bond motifs is 1. The van der Waals surface area contributed by atoms with Crippen LogP contribution in [0.3, 0.4) is 0 Å². The Morgan fingerprint density at radius 3 is 2.65 bits per heavy atom. The summed E-state index contributed by atoms with van der Waals surface area (Å²) in [6, 6.07) is 10.2. The number of carbonyl (C=O) groups is 1. The van der Waals surface area contributed by atoms with Gasteiger partial charge < -0.3 is 14.6 Å². The molecule has 4 atom stereocenters. The lowest BCUT2D eigenvalue weighted by molar-refractivity contribution is -0.215. The lowest BCUT2D eigenvalue weighted by atomic mass is 9.82. The van der Waals surface area contributed by atoms with E-state index in [1.54, 1.807) is 43.3 Å². The van der Waals surface area contributed by atoms with E-state index in [4.69, 9.17) is 9.47 Å². The molecule has 4 rings (SSSR count). The Labute approximate surface area is 186 Å². The first-order chi connectivity index (χ1) is 14.8. The molecule has 0 saturated carbocycles. The number of esters is 1. The normalized spacial score (nSPS) is 26.2. The average Bonchev–Trinajstić information content (AvgIpc) is 3.27. The monoisotopic (exact) mass is 463 g/mol. The predicted molar refractivity (Wildman–Crippen MR) is 116 cm³/mol. The summed E-state index contributed by atoms with van der Waals surface area (Å²) in [6.45, 7) is 3.84. The van der Waals surface area contributed by atoms with Crippen LogP contribution < -0.4 is 0 Å². The molecule has 1 aromatic heterocycles. The number of thiophene rings is 1. The van der Waals surface area contributed by atoms with Crippen LogP contribution in [0, 0.1) is 18.8 Å². The minimum atomic E-state index is -4.03. The number of ether oxygens (including phenoxy) is 2. The van der Waals surface area contributed by atoms with Gasteiger partial charge in [-0.2, -0.15) is 0 Å². The minimum absolute atomic E-state index is 0.123. The number of aliphatic hydroxyl groups excluding tert-OH is 1. The minimum Gasteiger partial charge on any atom is -0.466 e. The number of nitrogens with zero attached hydrogens (tertiary/aromatic N) is 1. The Balaban J connectivity index is 1.88. The van der Waals surface area contributed by atoms with Crippen LogP contribution in [0.15, 0.2) is 52.7 Å². The Morgan fingerprint density at radius 2 is 2.00 bits per heavy atom. The molecule has 1 N–H and O–H groups in total. The van der Waals surface area contributed by atoms with Crippen LogP contribution in [0.25, 0.3) is 5.70 Å². The van der Waals surface area contributed by atoms with Gasteiger partial charge in [0.15, 0.2) is 12.5 Å². The van der Waals surface area contributed by atoms with E-state index in [2.05, 4.69) is 0 Å². The summed E-state index contributed by atoms with van der Waals surface area (Å²) in [5, 5.41) is 12.0. The Kier molecular flexibility index (Phi) is 6.20. The number of hydrogen-bond acceptors (Lipinski definition) is 7. The molecule has 2 aliphatic heterocycles. The first-order valence-electron chi connectivity index (χ1n) is 10.2. The highest BCUT2D eigenvalue weighted by Crippen LogP contribution is 2.45. The fourth-order valence-electron chi connectivity index (χ4n) is 4.08. The zero-order valence-electron chi connectivity index (χ0n) is 17.3. The molecule has 0 radical (unpaired) electrons. The molecule has 9 heteroatoms. The van der Waals surface area contributed by atoms with Crippen LogP contribution in [0.1, 0.15) is 30.2 Å². The summed E-state index contributed by atoms with van der Waals surface area (Å²) in [4.78, 5) is 13.6. The van der Waals surface area contributed by atoms with Crippen LogP contribution in [0.2, 0.25) is 0 Å². The summed E-state index contributed by atoms with van der Waals surface area (Å²) < 4.78 is 39.8. The molecule has 166 valence electrons. The molecule has 1 aromatic carbocycles. The maximum Gasteiger partial charge on any atom is 0.313 e. The Bertz CT molecular complexity index is 1060. The Hall–Kier alpha value is -2.20. The number of benzene rings is 1. The quantitative estimate of drug-likeness (QED) is 0.684. The molecular formula is C22H25NO6S2. The van der Waals surface area contributed by atoms with Gasteiger partial charge in [-0.25, -0.2) is 12.7 Å². The summed E-state index contributed by atoms with van der Waals surface area (Å²) in [5.74, 6) is -1.55. The fourth-order valence-corrected chi connectivity index (χ4v) is 6.49. The maximum atomic E-state index is 13.8. The zero-order valence-corrected chi connectivity index (χ0v) is 18.9. The van der Waals surface area contributed by atoms with Gasteiger partial charge in [0.05, 0.1) is 28.0 Å². The van der Waals surface area contributed by atoms with E-state index in [-0.39, 0.29) is 11.5 Å². The predicted octanol–water partition coefficient (Wildman–Crippen LogP) is 3.35. The number of hydrogen-bond donors (Lipinski definition) is 1. The average molecular weight is 464 g/mol. The molecule has 0 spiro atoms. The van der Waals surface area contributed by atoms with Gasteiger partial charge in [-0.1, -0.05) is 23.8 Å². The van der Waals surface area contributed by atoms with Gasteiger partial charge in [0.1, 0.15) is 0 Å². The molecule has 1 saturated heterocycles. The van der Waals surface area contributed by atoms with Crippen molar-refractivity contribution < 1.29 is 27.8 Å². The maximum absolute atomic E-state index is 13.8. The molecule has 0 amide bonds. The van der Waals surface area contributed by atoms with Crippen molar-refractivity contribution in [3.63, 3.8) is 0 Å². The highest BCUT2D eigenvalue weighted by molar-refractivity contribution is 7.89. The lowest BCUT2D eigenvalue weighted by Crippen LogP contribution is -2.54. The topological polar surface area (TPSA) is 93.1 Å². The van der Waals surface area contributed by atoms with Crippen LogP contribution >= 0.6 is 11.3 Å². The van der Waals surface area contributed by atoms with Crippen LogP contribution in [-0.4, -0.2) is 42.9 Å². The van der Waals surface area contributed by atoms with Crippen molar-refractivity contribution in [1.82, 2.24) is 4.31 Å². The number of carbonyl (C=O) groups excluding carboxylic acids is 1. The van der Waals surface area contributed by atoms with Gasteiger partial charge in [0, 0.05) is 5.92 Å². The summed E-state index contributed by atoms with van der Waals surface area (Å²) in [7, 11) is -4.03. The van der Waals surface area contributed by atoms with Crippen LogP contribution in [0.5, 0.6) is 0 Å². The van der Waals surface area contributed by atoms with E-state index in [1.165, 1.54) is 15.6 Å². The van der Waals surface area contributed by atoms with E-state index in [0.717, 1.165) is 5.56 Å². The molecular weight excluding hydrogens is 438 g/mol. The molecule has 1 unspecified atom stereocenters.